The molecule has 0 aliphatic carbocycles. The van der Waals surface area contributed by atoms with Gasteiger partial charge in [0.1, 0.15) is 22.3 Å². The van der Waals surface area contributed by atoms with Gasteiger partial charge in [0.15, 0.2) is 0 Å². The van der Waals surface area contributed by atoms with Crippen LogP contribution in [-0.4, -0.2) is 4.57 Å². The second-order valence-electron chi connectivity index (χ2n) is 13.7. The monoisotopic (exact) mass is 696 g/mol. The maximum Gasteiger partial charge on any atom is 0.137 e. The molecule has 0 bridgehead atoms. The smallest absolute Gasteiger partial charge is 0.137 e. The van der Waals surface area contributed by atoms with E-state index >= 15 is 0 Å². The van der Waals surface area contributed by atoms with Crippen molar-refractivity contribution in [2.24, 2.45) is 0 Å². The number of fused-ring (bicyclic) bond motifs is 11. The Bertz CT molecular complexity index is 3160. The van der Waals surface area contributed by atoms with Crippen LogP contribution >= 0.6 is 11.8 Å². The summed E-state index contributed by atoms with van der Waals surface area (Å²) in [5, 5.41) is 7.03. The fourth-order valence-corrected chi connectivity index (χ4v) is 9.63. The average molecular weight is 697 g/mol. The van der Waals surface area contributed by atoms with Gasteiger partial charge in [-0.25, -0.2) is 0 Å². The highest BCUT2D eigenvalue weighted by molar-refractivity contribution is 8.00. The molecule has 12 rings (SSSR count). The van der Waals surface area contributed by atoms with Gasteiger partial charge in [0, 0.05) is 71.3 Å². The number of benzene rings is 8. The zero-order chi connectivity index (χ0) is 34.6. The number of hydrogen-bond acceptors (Lipinski definition) is 4. The maximum absolute atomic E-state index is 6.37. The lowest BCUT2D eigenvalue weighted by Gasteiger charge is -2.26. The van der Waals surface area contributed by atoms with Crippen LogP contribution in [0.25, 0.3) is 82.5 Å². The highest BCUT2D eigenvalue weighted by atomic mass is 32.2. The van der Waals surface area contributed by atoms with Crippen molar-refractivity contribution in [1.29, 1.82) is 0 Å². The molecule has 0 spiro atoms. The summed E-state index contributed by atoms with van der Waals surface area (Å²) < 4.78 is 15.2. The summed E-state index contributed by atoms with van der Waals surface area (Å²) >= 11 is 1.87. The van der Waals surface area contributed by atoms with Gasteiger partial charge >= 0.3 is 0 Å². The quantitative estimate of drug-likeness (QED) is 0.183. The Morgan fingerprint density at radius 2 is 1.00 bits per heavy atom. The molecule has 0 fully saturated rings. The Kier molecular flexibility index (Phi) is 5.96. The number of anilines is 3. The van der Waals surface area contributed by atoms with Gasteiger partial charge in [0.25, 0.3) is 0 Å². The maximum atomic E-state index is 6.37. The van der Waals surface area contributed by atoms with Gasteiger partial charge in [-0.05, 0) is 77.9 Å². The summed E-state index contributed by atoms with van der Waals surface area (Å²) in [6.07, 6.45) is 0. The minimum absolute atomic E-state index is 0.856. The lowest BCUT2D eigenvalue weighted by Crippen LogP contribution is -2.09. The van der Waals surface area contributed by atoms with E-state index in [1.165, 1.54) is 48.4 Å². The van der Waals surface area contributed by atoms with Crippen molar-refractivity contribution in [2.45, 2.75) is 9.79 Å². The van der Waals surface area contributed by atoms with Crippen molar-refractivity contribution in [3.05, 3.63) is 170 Å². The van der Waals surface area contributed by atoms with Gasteiger partial charge in [0.2, 0.25) is 0 Å². The van der Waals surface area contributed by atoms with Crippen LogP contribution in [0.15, 0.2) is 188 Å². The summed E-state index contributed by atoms with van der Waals surface area (Å²) in [5.74, 6) is 0. The van der Waals surface area contributed by atoms with Crippen LogP contribution in [0.3, 0.4) is 0 Å². The Morgan fingerprint density at radius 3 is 1.70 bits per heavy atom. The summed E-state index contributed by atoms with van der Waals surface area (Å²) in [5.41, 5.74) is 12.7. The van der Waals surface area contributed by atoms with Gasteiger partial charge in [-0.3, -0.25) is 0 Å². The fraction of sp³-hybridized carbons (Fsp3) is 0. The van der Waals surface area contributed by atoms with Crippen molar-refractivity contribution in [2.75, 3.05) is 4.90 Å². The largest absolute Gasteiger partial charge is 0.456 e. The second kappa shape index (κ2) is 10.9. The third-order valence-electron chi connectivity index (χ3n) is 10.8. The van der Waals surface area contributed by atoms with Gasteiger partial charge in [-0.1, -0.05) is 103 Å². The zero-order valence-electron chi connectivity index (χ0n) is 28.3. The van der Waals surface area contributed by atoms with E-state index in [9.17, 15) is 0 Å². The number of furan rings is 2. The first kappa shape index (κ1) is 28.9. The lowest BCUT2D eigenvalue weighted by molar-refractivity contribution is 0.669. The standard InChI is InChI=1S/C48H28N2O2S/c1-4-14-40-34(9-1)39-13-8-18-46-47(39)50(40)41-15-7-12-33(48(41)53-46)29-19-21-30(22-20-29)49(31-23-25-37-35-10-2-5-16-42(35)51-44(37)27-31)32-24-26-38-36-11-3-6-17-43(36)52-45(38)28-32/h1-28H. The van der Waals surface area contributed by atoms with Crippen LogP contribution in [0.1, 0.15) is 0 Å². The Morgan fingerprint density at radius 1 is 0.434 bits per heavy atom. The van der Waals surface area contributed by atoms with Crippen LogP contribution in [0.2, 0.25) is 0 Å². The SMILES string of the molecule is c1cc(-c2ccc(N(c3ccc4c(c3)oc3ccccc34)c3ccc4c(c3)oc3ccccc34)cc2)c2c(c1)-n1c3ccccc3c3cccc(c31)S2. The minimum Gasteiger partial charge on any atom is -0.456 e. The first-order valence-corrected chi connectivity index (χ1v) is 18.7. The molecule has 0 unspecified atom stereocenters. The van der Waals surface area contributed by atoms with Crippen molar-refractivity contribution in [1.82, 2.24) is 4.57 Å². The molecule has 0 saturated carbocycles. The summed E-state index contributed by atoms with van der Waals surface area (Å²) in [6.45, 7) is 0. The van der Waals surface area contributed by atoms with E-state index in [1.807, 2.05) is 36.0 Å². The average Bonchev–Trinajstić information content (AvgIpc) is 3.88. The Labute approximate surface area is 308 Å². The summed E-state index contributed by atoms with van der Waals surface area (Å²) in [7, 11) is 0. The molecule has 0 radical (unpaired) electrons. The molecule has 11 aromatic rings. The summed E-state index contributed by atoms with van der Waals surface area (Å²) in [4.78, 5) is 4.84. The Balaban J connectivity index is 1.01. The summed E-state index contributed by atoms with van der Waals surface area (Å²) in [6, 6.07) is 60.5. The molecule has 0 amide bonds. The number of hydrogen-bond donors (Lipinski definition) is 0. The van der Waals surface area contributed by atoms with Gasteiger partial charge in [0.05, 0.1) is 16.7 Å². The van der Waals surface area contributed by atoms with Crippen LogP contribution in [0, 0.1) is 0 Å². The van der Waals surface area contributed by atoms with Gasteiger partial charge < -0.3 is 18.3 Å². The number of nitrogens with zero attached hydrogens (tertiary/aromatic N) is 2. The molecular weight excluding hydrogens is 669 g/mol. The number of rotatable bonds is 4. The predicted octanol–water partition coefficient (Wildman–Crippen LogP) is 14.2. The molecule has 5 heteroatoms. The molecule has 0 N–H and O–H groups in total. The molecule has 3 aromatic heterocycles. The van der Waals surface area contributed by atoms with Crippen LogP contribution < -0.4 is 4.90 Å². The van der Waals surface area contributed by atoms with E-state index in [-0.39, 0.29) is 0 Å². The van der Waals surface area contributed by atoms with Crippen molar-refractivity contribution in [3.8, 4) is 16.8 Å². The first-order valence-electron chi connectivity index (χ1n) is 17.8. The fourth-order valence-electron chi connectivity index (χ4n) is 8.41. The van der Waals surface area contributed by atoms with Crippen LogP contribution in [0.5, 0.6) is 0 Å². The predicted molar refractivity (Wildman–Crippen MR) is 220 cm³/mol. The molecule has 1 aliphatic heterocycles. The van der Waals surface area contributed by atoms with Crippen LogP contribution in [-0.2, 0) is 0 Å². The van der Waals surface area contributed by atoms with Gasteiger partial charge in [-0.15, -0.1) is 0 Å². The van der Waals surface area contributed by atoms with Crippen molar-refractivity contribution < 1.29 is 8.83 Å². The third-order valence-corrected chi connectivity index (χ3v) is 12.0. The molecule has 248 valence electrons. The van der Waals surface area contributed by atoms with E-state index in [1.54, 1.807) is 0 Å². The molecule has 4 heterocycles. The van der Waals surface area contributed by atoms with Gasteiger partial charge in [-0.2, -0.15) is 0 Å². The third kappa shape index (κ3) is 4.20. The second-order valence-corrected chi connectivity index (χ2v) is 14.8. The molecular formula is C48H28N2O2S. The van der Waals surface area contributed by atoms with E-state index in [0.29, 0.717) is 0 Å². The topological polar surface area (TPSA) is 34.5 Å². The lowest BCUT2D eigenvalue weighted by atomic mass is 10.0. The first-order chi connectivity index (χ1) is 26.3. The number of aromatic nitrogens is 1. The van der Waals surface area contributed by atoms with Crippen molar-refractivity contribution in [3.63, 3.8) is 0 Å². The van der Waals surface area contributed by atoms with Crippen LogP contribution in [0.4, 0.5) is 17.1 Å². The molecule has 1 aliphatic rings. The number of para-hydroxylation sites is 4. The molecule has 8 aromatic carbocycles. The normalized spacial score (nSPS) is 12.5. The van der Waals surface area contributed by atoms with E-state index in [2.05, 4.69) is 155 Å². The highest BCUT2D eigenvalue weighted by Gasteiger charge is 2.25. The Hall–Kier alpha value is -6.69. The van der Waals surface area contributed by atoms with E-state index in [4.69, 9.17) is 8.83 Å². The highest BCUT2D eigenvalue weighted by Crippen LogP contribution is 2.50. The van der Waals surface area contributed by atoms with E-state index in [0.717, 1.165) is 60.9 Å². The minimum atomic E-state index is 0.856. The molecule has 53 heavy (non-hydrogen) atoms. The molecule has 4 nitrogen and oxygen atoms in total. The van der Waals surface area contributed by atoms with E-state index < -0.39 is 0 Å². The molecule has 0 atom stereocenters. The molecule has 0 saturated heterocycles. The van der Waals surface area contributed by atoms with Crippen molar-refractivity contribution >= 4 is 94.5 Å². The zero-order valence-corrected chi connectivity index (χ0v) is 29.1.